The molecular formula is C64H64O8. The molecule has 0 aromatic heterocycles. The smallest absolute Gasteiger partial charge is 0.123 e. The van der Waals surface area contributed by atoms with Crippen LogP contribution >= 0.6 is 0 Å². The van der Waals surface area contributed by atoms with Crippen molar-refractivity contribution in [3.8, 4) is 46.0 Å². The second-order valence-electron chi connectivity index (χ2n) is 19.6. The Hall–Kier alpha value is -7.84. The Morgan fingerprint density at radius 2 is 0.389 bits per heavy atom. The molecular weight excluding hydrogens is 897 g/mol. The number of aryl methyl sites for hydroxylation is 4. The number of benzene rings is 8. The normalized spacial score (nSPS) is 16.4. The van der Waals surface area contributed by atoms with Gasteiger partial charge in [0.1, 0.15) is 46.0 Å². The Morgan fingerprint density at radius 3 is 0.528 bits per heavy atom. The molecule has 0 amide bonds. The van der Waals surface area contributed by atoms with Gasteiger partial charge in [0.15, 0.2) is 0 Å². The molecule has 8 bridgehead atoms. The molecule has 0 saturated carbocycles. The monoisotopic (exact) mass is 960 g/mol. The molecule has 0 spiro atoms. The minimum absolute atomic E-state index is 0.253. The van der Waals surface area contributed by atoms with Crippen molar-refractivity contribution in [3.05, 3.63) is 235 Å². The van der Waals surface area contributed by atoms with E-state index in [1.807, 2.05) is 97.1 Å². The Labute approximate surface area is 422 Å². The maximum Gasteiger partial charge on any atom is 0.123 e. The lowest BCUT2D eigenvalue weighted by atomic mass is 9.75. The van der Waals surface area contributed by atoms with Crippen LogP contribution in [0.1, 0.15) is 166 Å². The molecule has 8 heteroatoms. The average molecular weight is 961 g/mol. The Balaban J connectivity index is 1.44. The van der Waals surface area contributed by atoms with Crippen LogP contribution in [-0.4, -0.2) is 40.9 Å². The van der Waals surface area contributed by atoms with E-state index in [9.17, 15) is 40.9 Å². The van der Waals surface area contributed by atoms with E-state index >= 15 is 0 Å². The van der Waals surface area contributed by atoms with Gasteiger partial charge in [-0.2, -0.15) is 0 Å². The van der Waals surface area contributed by atoms with Crippen molar-refractivity contribution in [2.24, 2.45) is 0 Å². The van der Waals surface area contributed by atoms with Gasteiger partial charge in [-0.15, -0.1) is 0 Å². The number of hydrogen-bond donors (Lipinski definition) is 8. The van der Waals surface area contributed by atoms with E-state index in [1.54, 1.807) is 24.3 Å². The van der Waals surface area contributed by atoms with E-state index in [4.69, 9.17) is 0 Å². The first-order valence-electron chi connectivity index (χ1n) is 25.4. The van der Waals surface area contributed by atoms with Gasteiger partial charge in [0, 0.05) is 92.4 Å². The first-order chi connectivity index (χ1) is 34.8. The number of hydrogen-bond acceptors (Lipinski definition) is 8. The molecule has 8 nitrogen and oxygen atoms in total. The fourth-order valence-corrected chi connectivity index (χ4v) is 11.1. The van der Waals surface area contributed by atoms with Gasteiger partial charge in [0.2, 0.25) is 0 Å². The summed E-state index contributed by atoms with van der Waals surface area (Å²) < 4.78 is 0. The van der Waals surface area contributed by atoms with Crippen molar-refractivity contribution in [3.63, 3.8) is 0 Å². The highest BCUT2D eigenvalue weighted by molar-refractivity contribution is 5.67. The van der Waals surface area contributed by atoms with Crippen molar-refractivity contribution in [2.45, 2.75) is 103 Å². The van der Waals surface area contributed by atoms with Crippen molar-refractivity contribution in [1.29, 1.82) is 0 Å². The molecule has 0 fully saturated rings. The maximum atomic E-state index is 12.2. The van der Waals surface area contributed by atoms with E-state index in [2.05, 4.69) is 27.7 Å². The van der Waals surface area contributed by atoms with Gasteiger partial charge in [-0.25, -0.2) is 0 Å². The van der Waals surface area contributed by atoms with E-state index in [0.717, 1.165) is 73.6 Å². The number of phenolic OH excluding ortho intramolecular Hbond substituents is 8. The molecule has 368 valence electrons. The first-order valence-corrected chi connectivity index (χ1v) is 25.4. The van der Waals surface area contributed by atoms with E-state index in [-0.39, 0.29) is 46.0 Å². The summed E-state index contributed by atoms with van der Waals surface area (Å²) in [5, 5.41) is 97.6. The third kappa shape index (κ3) is 9.53. The van der Waals surface area contributed by atoms with Crippen LogP contribution in [0.25, 0.3) is 0 Å². The molecule has 8 aromatic rings. The zero-order valence-corrected chi connectivity index (χ0v) is 41.4. The number of rotatable bonds is 12. The maximum absolute atomic E-state index is 12.2. The quantitative estimate of drug-likeness (QED) is 0.0600. The Kier molecular flexibility index (Phi) is 14.2. The van der Waals surface area contributed by atoms with Gasteiger partial charge in [-0.05, 0) is 94.5 Å². The molecule has 72 heavy (non-hydrogen) atoms. The fraction of sp³-hybridized carbons (Fsp3) is 0.250. The first kappa shape index (κ1) is 49.2. The summed E-state index contributed by atoms with van der Waals surface area (Å²) in [5.74, 6) is -5.63. The summed E-state index contributed by atoms with van der Waals surface area (Å²) in [6.45, 7) is 8.44. The lowest BCUT2D eigenvalue weighted by molar-refractivity contribution is 0.431. The molecule has 8 aromatic carbocycles. The van der Waals surface area contributed by atoms with Crippen LogP contribution in [-0.2, 0) is 25.7 Å². The number of phenols is 8. The largest absolute Gasteiger partial charge is 0.507 e. The molecule has 0 saturated heterocycles. The third-order valence-electron chi connectivity index (χ3n) is 14.6. The standard InChI is InChI=1S/C64H64O8/c1-5-9-37-13-21-41(22-14-37)61-45-29-47(55(67)33-53(45)65)62(42-23-15-38(10-6-2)16-24-42)49-31-51(59(71)35-57(49)69)64(44-27-19-40(12-8-4)20-28-44)52-32-50(58(70)36-60(52)72)63(43-25-17-39(11-7-3)18-26-43)48-30-46(61)54(66)34-56(48)68/h13-36,61-72H,5-12H2,1-4H3/t61-,62+,63?,64?. The zero-order chi connectivity index (χ0) is 50.8. The van der Waals surface area contributed by atoms with Gasteiger partial charge in [-0.3, -0.25) is 0 Å². The summed E-state index contributed by atoms with van der Waals surface area (Å²) in [6.07, 6.45) is 7.08. The molecule has 0 aliphatic heterocycles. The van der Waals surface area contributed by atoms with Crippen molar-refractivity contribution < 1.29 is 40.9 Å². The van der Waals surface area contributed by atoms with Crippen molar-refractivity contribution in [2.75, 3.05) is 0 Å². The van der Waals surface area contributed by atoms with Gasteiger partial charge in [0.05, 0.1) is 0 Å². The van der Waals surface area contributed by atoms with Crippen LogP contribution in [0.2, 0.25) is 0 Å². The molecule has 0 radical (unpaired) electrons. The minimum Gasteiger partial charge on any atom is -0.507 e. The molecule has 1 aliphatic carbocycles. The van der Waals surface area contributed by atoms with Crippen LogP contribution in [0.5, 0.6) is 46.0 Å². The van der Waals surface area contributed by atoms with Gasteiger partial charge in [0.25, 0.3) is 0 Å². The molecule has 0 atom stereocenters. The summed E-state index contributed by atoms with van der Waals surface area (Å²) in [5.41, 5.74) is 9.86. The summed E-state index contributed by atoms with van der Waals surface area (Å²) in [6, 6.07) is 44.0. The highest BCUT2D eigenvalue weighted by Gasteiger charge is 2.35. The van der Waals surface area contributed by atoms with Crippen LogP contribution in [0.15, 0.2) is 146 Å². The molecule has 8 N–H and O–H groups in total. The third-order valence-corrected chi connectivity index (χ3v) is 14.6. The second-order valence-corrected chi connectivity index (χ2v) is 19.6. The van der Waals surface area contributed by atoms with Crippen LogP contribution in [0, 0.1) is 0 Å². The van der Waals surface area contributed by atoms with E-state index in [1.165, 1.54) is 24.3 Å². The summed E-state index contributed by atoms with van der Waals surface area (Å²) >= 11 is 0. The lowest BCUT2D eigenvalue weighted by Crippen LogP contribution is -2.13. The van der Waals surface area contributed by atoms with Gasteiger partial charge < -0.3 is 40.9 Å². The van der Waals surface area contributed by atoms with Crippen LogP contribution in [0.3, 0.4) is 0 Å². The fourth-order valence-electron chi connectivity index (χ4n) is 11.1. The SMILES string of the molecule is CCCc1ccc(C2c3cc(c(O)cc3O)C(c3ccc(CCC)cc3)c3cc(c(O)cc3O)[C@H](c3ccc(CCC)cc3)c3cc(c(O)cc3O)[C@H](c3ccc(CCC)cc3)c3cc2c(O)cc3O)cc1. The lowest BCUT2D eigenvalue weighted by Gasteiger charge is -2.30. The number of aromatic hydroxyl groups is 8. The van der Waals surface area contributed by atoms with Gasteiger partial charge >= 0.3 is 0 Å². The van der Waals surface area contributed by atoms with Gasteiger partial charge in [-0.1, -0.05) is 150 Å². The Morgan fingerprint density at radius 1 is 0.236 bits per heavy atom. The highest BCUT2D eigenvalue weighted by Crippen LogP contribution is 2.54. The molecule has 0 unspecified atom stereocenters. The molecule has 0 heterocycles. The van der Waals surface area contributed by atoms with E-state index < -0.39 is 23.7 Å². The van der Waals surface area contributed by atoms with Crippen molar-refractivity contribution >= 4 is 0 Å². The summed E-state index contributed by atoms with van der Waals surface area (Å²) in [7, 11) is 0. The predicted molar refractivity (Wildman–Crippen MR) is 285 cm³/mol. The minimum atomic E-state index is -0.902. The highest BCUT2D eigenvalue weighted by atomic mass is 16.3. The van der Waals surface area contributed by atoms with Crippen LogP contribution in [0.4, 0.5) is 0 Å². The zero-order valence-electron chi connectivity index (χ0n) is 41.4. The Bertz CT molecular complexity index is 2670. The van der Waals surface area contributed by atoms with E-state index in [0.29, 0.717) is 66.8 Å². The topological polar surface area (TPSA) is 162 Å². The number of fused-ring (bicyclic) bond motifs is 8. The van der Waals surface area contributed by atoms with Crippen LogP contribution < -0.4 is 0 Å². The predicted octanol–water partition coefficient (Wildman–Crippen LogP) is 14.2. The molecule has 9 rings (SSSR count). The van der Waals surface area contributed by atoms with Crippen molar-refractivity contribution in [1.82, 2.24) is 0 Å². The average Bonchev–Trinajstić information content (AvgIpc) is 3.36. The molecule has 1 aliphatic rings. The second kappa shape index (κ2) is 20.9. The summed E-state index contributed by atoms with van der Waals surface area (Å²) in [4.78, 5) is 0.